The molecule has 0 unspecified atom stereocenters. The number of urea groups is 1. The molecule has 2 saturated heterocycles. The molecule has 0 bridgehead atoms. The zero-order valence-corrected chi connectivity index (χ0v) is 25.2. The highest BCUT2D eigenvalue weighted by atomic mass is 35.5. The first-order valence-electron chi connectivity index (χ1n) is 13.9. The van der Waals surface area contributed by atoms with Crippen molar-refractivity contribution in [2.75, 3.05) is 32.8 Å². The first-order valence-corrected chi connectivity index (χ1v) is 14.7. The molecule has 1 aromatic heterocycles. The Morgan fingerprint density at radius 2 is 1.78 bits per heavy atom. The topological polar surface area (TPSA) is 79.7 Å². The number of hydrogen-bond donors (Lipinski definition) is 1. The molecule has 1 N–H and O–H groups in total. The number of halogens is 3. The van der Waals surface area contributed by atoms with Gasteiger partial charge in [0.1, 0.15) is 18.4 Å². The Labute approximate surface area is 257 Å². The Bertz CT molecular complexity index is 1290. The molecular weight excluding hydrogens is 585 g/mol. The van der Waals surface area contributed by atoms with Gasteiger partial charge in [0.2, 0.25) is 5.91 Å². The van der Waals surface area contributed by atoms with E-state index in [4.69, 9.17) is 27.9 Å². The molecule has 0 radical (unpaired) electrons. The van der Waals surface area contributed by atoms with E-state index in [1.54, 1.807) is 29.6 Å². The SMILES string of the molecule is Cl.O=C(N[C@H](Cc1ccc(Cl)cc1Cl)C(=O)N1CCC(c2ccccc2OCCn2ccnc2)CC1)N1CCCC1. The molecule has 220 valence electrons. The lowest BCUT2D eigenvalue weighted by atomic mass is 9.88. The van der Waals surface area contributed by atoms with E-state index < -0.39 is 6.04 Å². The lowest BCUT2D eigenvalue weighted by molar-refractivity contribution is -0.134. The third kappa shape index (κ3) is 8.09. The zero-order chi connectivity index (χ0) is 27.9. The molecule has 2 aliphatic heterocycles. The number of carbonyl (C=O) groups excluding carboxylic acids is 2. The number of nitrogens with one attached hydrogen (secondary N) is 1. The average molecular weight is 621 g/mol. The number of amides is 3. The second kappa shape index (κ2) is 14.8. The summed E-state index contributed by atoms with van der Waals surface area (Å²) < 4.78 is 8.14. The van der Waals surface area contributed by atoms with Crippen molar-refractivity contribution in [3.8, 4) is 5.75 Å². The number of ether oxygens (including phenoxy) is 1. The third-order valence-electron chi connectivity index (χ3n) is 7.76. The summed E-state index contributed by atoms with van der Waals surface area (Å²) in [5.74, 6) is 1.10. The summed E-state index contributed by atoms with van der Waals surface area (Å²) in [7, 11) is 0. The van der Waals surface area contributed by atoms with Gasteiger partial charge in [-0.15, -0.1) is 12.4 Å². The first kappa shape index (κ1) is 31.0. The number of para-hydroxylation sites is 1. The van der Waals surface area contributed by atoms with Gasteiger partial charge in [-0.1, -0.05) is 47.5 Å². The van der Waals surface area contributed by atoms with Gasteiger partial charge in [-0.2, -0.15) is 0 Å². The number of aromatic nitrogens is 2. The van der Waals surface area contributed by atoms with Crippen LogP contribution in [0.2, 0.25) is 10.0 Å². The molecule has 0 saturated carbocycles. The summed E-state index contributed by atoms with van der Waals surface area (Å²) in [6.45, 7) is 3.92. The summed E-state index contributed by atoms with van der Waals surface area (Å²) in [5, 5.41) is 4.03. The Kier molecular flexibility index (Phi) is 11.2. The fourth-order valence-electron chi connectivity index (χ4n) is 5.53. The number of imidazole rings is 1. The number of rotatable bonds is 9. The molecule has 2 fully saturated rings. The number of nitrogens with zero attached hydrogens (tertiary/aromatic N) is 4. The third-order valence-corrected chi connectivity index (χ3v) is 8.35. The van der Waals surface area contributed by atoms with Crippen LogP contribution in [0.1, 0.15) is 42.7 Å². The number of benzene rings is 2. The number of likely N-dealkylation sites (tertiary alicyclic amines) is 2. The monoisotopic (exact) mass is 619 g/mol. The Balaban J connectivity index is 0.00000387. The predicted octanol–water partition coefficient (Wildman–Crippen LogP) is 5.81. The van der Waals surface area contributed by atoms with Crippen molar-refractivity contribution in [1.82, 2.24) is 24.7 Å². The van der Waals surface area contributed by atoms with Crippen LogP contribution in [0.5, 0.6) is 5.75 Å². The van der Waals surface area contributed by atoms with E-state index in [0.29, 0.717) is 49.3 Å². The van der Waals surface area contributed by atoms with Crippen LogP contribution >= 0.6 is 35.6 Å². The van der Waals surface area contributed by atoms with E-state index in [-0.39, 0.29) is 30.3 Å². The second-order valence-corrected chi connectivity index (χ2v) is 11.3. The minimum Gasteiger partial charge on any atom is -0.491 e. The van der Waals surface area contributed by atoms with Crippen molar-refractivity contribution in [3.05, 3.63) is 82.4 Å². The van der Waals surface area contributed by atoms with Gasteiger partial charge in [0, 0.05) is 55.0 Å². The Morgan fingerprint density at radius 1 is 1.02 bits per heavy atom. The molecular formula is C30H36Cl3N5O3. The standard InChI is InChI=1S/C30H35Cl2N5O3.ClH/c31-24-8-7-23(26(32)20-24)19-27(34-30(39)37-12-3-4-13-37)29(38)36-14-9-22(10-15-36)25-5-1-2-6-28(25)40-18-17-35-16-11-33-21-35;/h1-2,5-8,11,16,20-22,27H,3-4,9-10,12-15,17-19H2,(H,34,39);1H/t27-;/m1./s1. The van der Waals surface area contributed by atoms with Gasteiger partial charge >= 0.3 is 6.03 Å². The largest absolute Gasteiger partial charge is 0.491 e. The van der Waals surface area contributed by atoms with Gasteiger partial charge < -0.3 is 24.4 Å². The molecule has 41 heavy (non-hydrogen) atoms. The van der Waals surface area contributed by atoms with Gasteiger partial charge in [0.15, 0.2) is 0 Å². The summed E-state index contributed by atoms with van der Waals surface area (Å²) in [6.07, 6.45) is 9.38. The van der Waals surface area contributed by atoms with Crippen LogP contribution in [0.15, 0.2) is 61.2 Å². The molecule has 3 heterocycles. The van der Waals surface area contributed by atoms with Gasteiger partial charge in [-0.25, -0.2) is 9.78 Å². The molecule has 0 aliphatic carbocycles. The fourth-order valence-corrected chi connectivity index (χ4v) is 6.01. The summed E-state index contributed by atoms with van der Waals surface area (Å²) in [4.78, 5) is 34.5. The van der Waals surface area contributed by atoms with Gasteiger partial charge in [-0.3, -0.25) is 4.79 Å². The maximum atomic E-state index is 13.8. The quantitative estimate of drug-likeness (QED) is 0.327. The van der Waals surface area contributed by atoms with Crippen LogP contribution in [-0.4, -0.2) is 70.1 Å². The van der Waals surface area contributed by atoms with Crippen molar-refractivity contribution < 1.29 is 14.3 Å². The van der Waals surface area contributed by atoms with Crippen molar-refractivity contribution in [1.29, 1.82) is 0 Å². The van der Waals surface area contributed by atoms with E-state index in [1.807, 2.05) is 39.9 Å². The Hall–Kier alpha value is -2.94. The van der Waals surface area contributed by atoms with E-state index in [0.717, 1.165) is 43.5 Å². The lowest BCUT2D eigenvalue weighted by Gasteiger charge is -2.35. The van der Waals surface area contributed by atoms with Crippen molar-refractivity contribution >= 4 is 47.5 Å². The molecule has 2 aromatic carbocycles. The van der Waals surface area contributed by atoms with E-state index in [2.05, 4.69) is 16.4 Å². The van der Waals surface area contributed by atoms with Gasteiger partial charge in [0.25, 0.3) is 0 Å². The van der Waals surface area contributed by atoms with E-state index >= 15 is 0 Å². The maximum absolute atomic E-state index is 13.8. The first-order chi connectivity index (χ1) is 19.5. The maximum Gasteiger partial charge on any atom is 0.318 e. The number of hydrogen-bond acceptors (Lipinski definition) is 4. The smallest absolute Gasteiger partial charge is 0.318 e. The predicted molar refractivity (Wildman–Crippen MR) is 163 cm³/mol. The van der Waals surface area contributed by atoms with Crippen LogP contribution in [0.3, 0.4) is 0 Å². The van der Waals surface area contributed by atoms with Gasteiger partial charge in [-0.05, 0) is 60.9 Å². The number of piperidine rings is 1. The fraction of sp³-hybridized carbons (Fsp3) is 0.433. The molecule has 3 amide bonds. The molecule has 0 spiro atoms. The highest BCUT2D eigenvalue weighted by Gasteiger charge is 2.32. The molecule has 1 atom stereocenters. The molecule has 11 heteroatoms. The summed E-state index contributed by atoms with van der Waals surface area (Å²) in [5.41, 5.74) is 1.95. The van der Waals surface area contributed by atoms with E-state index in [9.17, 15) is 9.59 Å². The van der Waals surface area contributed by atoms with Crippen LogP contribution in [-0.2, 0) is 17.8 Å². The zero-order valence-electron chi connectivity index (χ0n) is 22.9. The lowest BCUT2D eigenvalue weighted by Crippen LogP contribution is -2.54. The Morgan fingerprint density at radius 3 is 2.49 bits per heavy atom. The van der Waals surface area contributed by atoms with Gasteiger partial charge in [0.05, 0.1) is 12.9 Å². The molecule has 5 rings (SSSR count). The van der Waals surface area contributed by atoms with Crippen LogP contribution in [0.25, 0.3) is 0 Å². The van der Waals surface area contributed by atoms with Crippen LogP contribution in [0, 0.1) is 0 Å². The molecule has 8 nitrogen and oxygen atoms in total. The van der Waals surface area contributed by atoms with Crippen LogP contribution in [0.4, 0.5) is 4.79 Å². The second-order valence-electron chi connectivity index (χ2n) is 10.4. The summed E-state index contributed by atoms with van der Waals surface area (Å²) in [6, 6.07) is 12.5. The van der Waals surface area contributed by atoms with Crippen LogP contribution < -0.4 is 10.1 Å². The van der Waals surface area contributed by atoms with Crippen molar-refractivity contribution in [2.45, 2.75) is 50.6 Å². The highest BCUT2D eigenvalue weighted by molar-refractivity contribution is 6.35. The molecule has 2 aliphatic rings. The minimum atomic E-state index is -0.706. The molecule has 3 aromatic rings. The van der Waals surface area contributed by atoms with Crippen molar-refractivity contribution in [3.63, 3.8) is 0 Å². The normalized spacial score (nSPS) is 16.2. The highest BCUT2D eigenvalue weighted by Crippen LogP contribution is 2.34. The van der Waals surface area contributed by atoms with E-state index in [1.165, 1.54) is 5.56 Å². The summed E-state index contributed by atoms with van der Waals surface area (Å²) >= 11 is 12.5. The van der Waals surface area contributed by atoms with Crippen molar-refractivity contribution in [2.24, 2.45) is 0 Å². The number of carbonyl (C=O) groups is 2. The minimum absolute atomic E-state index is 0. The average Bonchev–Trinajstić information content (AvgIpc) is 3.69.